The Balaban J connectivity index is 2.13. The van der Waals surface area contributed by atoms with E-state index >= 15 is 0 Å². The first-order valence-electron chi connectivity index (χ1n) is 6.68. The average molecular weight is 337 g/mol. The zero-order valence-electron chi connectivity index (χ0n) is 11.3. The van der Waals surface area contributed by atoms with Gasteiger partial charge in [-0.3, -0.25) is 4.79 Å². The molecule has 0 spiro atoms. The number of nitrogens with zero attached hydrogens (tertiary/aromatic N) is 1. The van der Waals surface area contributed by atoms with E-state index in [1.807, 2.05) is 0 Å². The molecule has 0 radical (unpaired) electrons. The summed E-state index contributed by atoms with van der Waals surface area (Å²) in [6.45, 7) is 2.16. The molecule has 1 aromatic rings. The van der Waals surface area contributed by atoms with Crippen LogP contribution >= 0.6 is 15.9 Å². The number of carbonyl (C=O) groups excluding carboxylic acids is 1. The third-order valence-corrected chi connectivity index (χ3v) is 4.57. The minimum absolute atomic E-state index is 0.0147. The summed E-state index contributed by atoms with van der Waals surface area (Å²) in [6, 6.07) is 6.90. The number of benzene rings is 1. The Morgan fingerprint density at radius 3 is 2.70 bits per heavy atom. The van der Waals surface area contributed by atoms with E-state index in [2.05, 4.69) is 34.2 Å². The maximum Gasteiger partial charge on any atom is 0.252 e. The smallest absolute Gasteiger partial charge is 0.252 e. The summed E-state index contributed by atoms with van der Waals surface area (Å²) in [5, 5.41) is 21.9. The lowest BCUT2D eigenvalue weighted by molar-refractivity contribution is 0.0893. The largest absolute Gasteiger partial charge is 0.507 e. The predicted octanol–water partition coefficient (Wildman–Crippen LogP) is 3.36. The van der Waals surface area contributed by atoms with Crippen molar-refractivity contribution >= 4 is 21.8 Å². The van der Waals surface area contributed by atoms with E-state index in [0.717, 1.165) is 12.8 Å². The number of phenolic OH excluding ortho intramolecular Hbond substituents is 1. The number of amides is 1. The van der Waals surface area contributed by atoms with Crippen LogP contribution in [0.25, 0.3) is 0 Å². The van der Waals surface area contributed by atoms with Gasteiger partial charge in [-0.1, -0.05) is 6.92 Å². The van der Waals surface area contributed by atoms with E-state index < -0.39 is 5.54 Å². The fourth-order valence-corrected chi connectivity index (χ4v) is 2.71. The molecule has 2 N–H and O–H groups in total. The highest BCUT2D eigenvalue weighted by molar-refractivity contribution is 9.10. The topological polar surface area (TPSA) is 73.1 Å². The molecule has 1 fully saturated rings. The van der Waals surface area contributed by atoms with Crippen LogP contribution < -0.4 is 5.32 Å². The zero-order chi connectivity index (χ0) is 14.8. The van der Waals surface area contributed by atoms with Crippen LogP contribution in [0.5, 0.6) is 5.75 Å². The van der Waals surface area contributed by atoms with E-state index in [-0.39, 0.29) is 11.7 Å². The van der Waals surface area contributed by atoms with Crippen LogP contribution in [0.4, 0.5) is 0 Å². The summed E-state index contributed by atoms with van der Waals surface area (Å²) in [4.78, 5) is 12.2. The summed E-state index contributed by atoms with van der Waals surface area (Å²) < 4.78 is 0.538. The first-order chi connectivity index (χ1) is 9.46. The Bertz CT molecular complexity index is 557. The summed E-state index contributed by atoms with van der Waals surface area (Å²) in [7, 11) is 0. The molecule has 0 bridgehead atoms. The minimum atomic E-state index is -0.772. The SMILES string of the molecule is CC1CCC(C#N)(NC(=O)c2ccc(Br)c(O)c2)CC1. The van der Waals surface area contributed by atoms with E-state index in [0.29, 0.717) is 28.8 Å². The maximum absolute atomic E-state index is 12.2. The highest BCUT2D eigenvalue weighted by Crippen LogP contribution is 2.32. The highest BCUT2D eigenvalue weighted by Gasteiger charge is 2.35. The molecule has 20 heavy (non-hydrogen) atoms. The molecule has 0 saturated heterocycles. The number of rotatable bonds is 2. The van der Waals surface area contributed by atoms with Crippen molar-refractivity contribution in [2.24, 2.45) is 5.92 Å². The van der Waals surface area contributed by atoms with Gasteiger partial charge in [0.15, 0.2) is 0 Å². The first kappa shape index (κ1) is 14.9. The Labute approximate surface area is 126 Å². The summed E-state index contributed by atoms with van der Waals surface area (Å²) in [6.07, 6.45) is 3.25. The molecule has 1 aliphatic carbocycles. The lowest BCUT2D eigenvalue weighted by Crippen LogP contribution is -2.49. The molecule has 4 nitrogen and oxygen atoms in total. The molecule has 106 valence electrons. The number of carbonyl (C=O) groups is 1. The van der Waals surface area contributed by atoms with Gasteiger partial charge < -0.3 is 10.4 Å². The van der Waals surface area contributed by atoms with Crippen LogP contribution in [0.1, 0.15) is 43.0 Å². The van der Waals surface area contributed by atoms with Crippen molar-refractivity contribution in [1.29, 1.82) is 5.26 Å². The van der Waals surface area contributed by atoms with Gasteiger partial charge in [0.2, 0.25) is 0 Å². The molecule has 1 amide bonds. The van der Waals surface area contributed by atoms with Crippen molar-refractivity contribution in [3.05, 3.63) is 28.2 Å². The number of hydrogen-bond acceptors (Lipinski definition) is 3. The van der Waals surface area contributed by atoms with E-state index in [1.165, 1.54) is 6.07 Å². The molecule has 0 aromatic heterocycles. The third-order valence-electron chi connectivity index (χ3n) is 3.90. The van der Waals surface area contributed by atoms with Crippen LogP contribution in [0.3, 0.4) is 0 Å². The summed E-state index contributed by atoms with van der Waals surface area (Å²) >= 11 is 3.17. The molecule has 2 rings (SSSR count). The van der Waals surface area contributed by atoms with Crippen molar-refractivity contribution in [1.82, 2.24) is 5.32 Å². The van der Waals surface area contributed by atoms with Crippen molar-refractivity contribution in [2.45, 2.75) is 38.1 Å². The molecule has 1 aromatic carbocycles. The Morgan fingerprint density at radius 2 is 2.15 bits per heavy atom. The second-order valence-corrected chi connectivity index (χ2v) is 6.35. The number of halogens is 1. The van der Waals surface area contributed by atoms with Crippen LogP contribution in [0, 0.1) is 17.2 Å². The molecule has 1 aliphatic rings. The van der Waals surface area contributed by atoms with Crippen LogP contribution in [-0.4, -0.2) is 16.6 Å². The molecular weight excluding hydrogens is 320 g/mol. The molecule has 0 unspecified atom stereocenters. The van der Waals surface area contributed by atoms with Crippen LogP contribution in [0.15, 0.2) is 22.7 Å². The van der Waals surface area contributed by atoms with Crippen molar-refractivity contribution in [2.75, 3.05) is 0 Å². The number of phenols is 1. The second kappa shape index (κ2) is 5.84. The monoisotopic (exact) mass is 336 g/mol. The number of nitriles is 1. The standard InChI is InChI=1S/C15H17BrN2O2/c1-10-4-6-15(9-17,7-5-10)18-14(20)11-2-3-12(16)13(19)8-11/h2-3,8,10,19H,4-7H2,1H3,(H,18,20). The van der Waals surface area contributed by atoms with E-state index in [4.69, 9.17) is 0 Å². The second-order valence-electron chi connectivity index (χ2n) is 5.50. The Hall–Kier alpha value is -1.54. The minimum Gasteiger partial charge on any atom is -0.507 e. The van der Waals surface area contributed by atoms with Gasteiger partial charge in [0.25, 0.3) is 5.91 Å². The average Bonchev–Trinajstić information content (AvgIpc) is 2.44. The fourth-order valence-electron chi connectivity index (χ4n) is 2.46. The summed E-state index contributed by atoms with van der Waals surface area (Å²) in [5.74, 6) is 0.301. The molecule has 5 heteroatoms. The Kier molecular flexibility index (Phi) is 4.34. The lowest BCUT2D eigenvalue weighted by Gasteiger charge is -2.34. The first-order valence-corrected chi connectivity index (χ1v) is 7.47. The van der Waals surface area contributed by atoms with Crippen LogP contribution in [0.2, 0.25) is 0 Å². The molecule has 0 heterocycles. The van der Waals surface area contributed by atoms with Gasteiger partial charge in [-0.15, -0.1) is 0 Å². The molecular formula is C15H17BrN2O2. The van der Waals surface area contributed by atoms with E-state index in [1.54, 1.807) is 12.1 Å². The van der Waals surface area contributed by atoms with Gasteiger partial charge in [-0.2, -0.15) is 5.26 Å². The van der Waals surface area contributed by atoms with E-state index in [9.17, 15) is 15.2 Å². The van der Waals surface area contributed by atoms with Gasteiger partial charge in [0.1, 0.15) is 11.3 Å². The van der Waals surface area contributed by atoms with Gasteiger partial charge in [0.05, 0.1) is 10.5 Å². The zero-order valence-corrected chi connectivity index (χ0v) is 12.9. The fraction of sp³-hybridized carbons (Fsp3) is 0.467. The van der Waals surface area contributed by atoms with Gasteiger partial charge in [-0.05, 0) is 65.7 Å². The number of aromatic hydroxyl groups is 1. The number of nitrogens with one attached hydrogen (secondary N) is 1. The van der Waals surface area contributed by atoms with Gasteiger partial charge >= 0.3 is 0 Å². The maximum atomic E-state index is 12.2. The highest BCUT2D eigenvalue weighted by atomic mass is 79.9. The lowest BCUT2D eigenvalue weighted by atomic mass is 9.78. The summed E-state index contributed by atoms with van der Waals surface area (Å²) in [5.41, 5.74) is -0.411. The Morgan fingerprint density at radius 1 is 1.50 bits per heavy atom. The van der Waals surface area contributed by atoms with Crippen molar-refractivity contribution in [3.8, 4) is 11.8 Å². The molecule has 0 aliphatic heterocycles. The van der Waals surface area contributed by atoms with Crippen molar-refractivity contribution in [3.63, 3.8) is 0 Å². The van der Waals surface area contributed by atoms with Gasteiger partial charge in [-0.25, -0.2) is 0 Å². The predicted molar refractivity (Wildman–Crippen MR) is 79.2 cm³/mol. The molecule has 1 saturated carbocycles. The van der Waals surface area contributed by atoms with Gasteiger partial charge in [0, 0.05) is 5.56 Å². The normalized spacial score (nSPS) is 25.8. The third kappa shape index (κ3) is 3.13. The number of hydrogen-bond donors (Lipinski definition) is 2. The quantitative estimate of drug-likeness (QED) is 0.869. The van der Waals surface area contributed by atoms with Crippen molar-refractivity contribution < 1.29 is 9.90 Å². The van der Waals surface area contributed by atoms with Crippen LogP contribution in [-0.2, 0) is 0 Å². The molecule has 0 atom stereocenters.